The van der Waals surface area contributed by atoms with E-state index < -0.39 is 17.5 Å². The summed E-state index contributed by atoms with van der Waals surface area (Å²) in [5, 5.41) is 0. The summed E-state index contributed by atoms with van der Waals surface area (Å²) in [4.78, 5) is 12.3. The van der Waals surface area contributed by atoms with Crippen molar-refractivity contribution in [3.05, 3.63) is 29.8 Å². The third-order valence-electron chi connectivity index (χ3n) is 1.91. The lowest BCUT2D eigenvalue weighted by atomic mass is 10.2. The molecule has 0 atom stereocenters. The van der Waals surface area contributed by atoms with Gasteiger partial charge < -0.3 is 0 Å². The second-order valence-corrected chi connectivity index (χ2v) is 4.46. The summed E-state index contributed by atoms with van der Waals surface area (Å²) in [6, 6.07) is 3.43. The molecule has 1 fully saturated rings. The highest BCUT2D eigenvalue weighted by Crippen LogP contribution is 2.30. The predicted molar refractivity (Wildman–Crippen MR) is 58.9 cm³/mol. The quantitative estimate of drug-likeness (QED) is 0.708. The number of para-hydroxylation sites is 1. The lowest BCUT2D eigenvalue weighted by molar-refractivity contribution is -0.115. The Bertz CT molecular complexity index is 413. The number of nitrogens with zero attached hydrogens (tertiary/aromatic N) is 1. The molecular formula is C9H5F2NOS2. The van der Waals surface area contributed by atoms with Crippen LogP contribution in [0.15, 0.2) is 18.2 Å². The Balaban J connectivity index is 2.53. The van der Waals surface area contributed by atoms with Crippen LogP contribution in [0.2, 0.25) is 0 Å². The highest BCUT2D eigenvalue weighted by atomic mass is 32.2. The van der Waals surface area contributed by atoms with Crippen LogP contribution in [-0.2, 0) is 4.79 Å². The van der Waals surface area contributed by atoms with E-state index in [2.05, 4.69) is 0 Å². The molecule has 1 aromatic rings. The first-order valence-corrected chi connectivity index (χ1v) is 5.44. The zero-order valence-electron chi connectivity index (χ0n) is 7.37. The van der Waals surface area contributed by atoms with E-state index in [0.717, 1.165) is 28.8 Å². The van der Waals surface area contributed by atoms with Crippen LogP contribution in [0.25, 0.3) is 0 Å². The van der Waals surface area contributed by atoms with E-state index in [-0.39, 0.29) is 15.8 Å². The molecular weight excluding hydrogens is 240 g/mol. The number of anilines is 1. The van der Waals surface area contributed by atoms with Gasteiger partial charge in [0.15, 0.2) is 0 Å². The first-order valence-electron chi connectivity index (χ1n) is 4.05. The third kappa shape index (κ3) is 1.74. The first-order chi connectivity index (χ1) is 7.11. The van der Waals surface area contributed by atoms with Gasteiger partial charge in [-0.2, -0.15) is 0 Å². The van der Waals surface area contributed by atoms with Crippen LogP contribution in [0.4, 0.5) is 14.5 Å². The molecule has 1 amide bonds. The van der Waals surface area contributed by atoms with Crippen LogP contribution in [0.1, 0.15) is 0 Å². The van der Waals surface area contributed by atoms with Gasteiger partial charge in [0, 0.05) is 0 Å². The Morgan fingerprint density at radius 1 is 1.33 bits per heavy atom. The molecule has 0 aliphatic carbocycles. The predicted octanol–water partition coefficient (Wildman–Crippen LogP) is 2.33. The van der Waals surface area contributed by atoms with Gasteiger partial charge in [0.1, 0.15) is 21.6 Å². The van der Waals surface area contributed by atoms with E-state index in [0.29, 0.717) is 0 Å². The summed E-state index contributed by atoms with van der Waals surface area (Å²) < 4.78 is 26.9. The van der Waals surface area contributed by atoms with E-state index in [1.807, 2.05) is 0 Å². The Hall–Kier alpha value is -1.01. The molecule has 0 bridgehead atoms. The van der Waals surface area contributed by atoms with Crippen molar-refractivity contribution in [1.29, 1.82) is 0 Å². The van der Waals surface area contributed by atoms with Gasteiger partial charge in [-0.1, -0.05) is 30.0 Å². The minimum Gasteiger partial charge on any atom is -0.273 e. The maximum absolute atomic E-state index is 13.3. The second kappa shape index (κ2) is 3.86. The topological polar surface area (TPSA) is 20.3 Å². The fourth-order valence-corrected chi connectivity index (χ4v) is 2.34. The maximum Gasteiger partial charge on any atom is 0.243 e. The monoisotopic (exact) mass is 245 g/mol. The molecule has 15 heavy (non-hydrogen) atoms. The zero-order chi connectivity index (χ0) is 11.0. The summed E-state index contributed by atoms with van der Waals surface area (Å²) in [6.07, 6.45) is 0. The Labute approximate surface area is 94.3 Å². The van der Waals surface area contributed by atoms with E-state index in [4.69, 9.17) is 12.2 Å². The number of benzene rings is 1. The van der Waals surface area contributed by atoms with Gasteiger partial charge in [-0.25, -0.2) is 8.78 Å². The number of rotatable bonds is 1. The normalized spacial score (nSPS) is 16.3. The van der Waals surface area contributed by atoms with Crippen LogP contribution in [0.3, 0.4) is 0 Å². The summed E-state index contributed by atoms with van der Waals surface area (Å²) in [5.74, 6) is -1.83. The summed E-state index contributed by atoms with van der Waals surface area (Å²) >= 11 is 5.95. The molecule has 2 rings (SSSR count). The van der Waals surface area contributed by atoms with Crippen molar-refractivity contribution >= 4 is 39.9 Å². The average molecular weight is 245 g/mol. The highest BCUT2D eigenvalue weighted by Gasteiger charge is 2.32. The molecule has 1 aromatic carbocycles. The average Bonchev–Trinajstić information content (AvgIpc) is 2.49. The second-order valence-electron chi connectivity index (χ2n) is 2.85. The van der Waals surface area contributed by atoms with Crippen molar-refractivity contribution in [2.24, 2.45) is 0 Å². The molecule has 0 N–H and O–H groups in total. The molecule has 6 heteroatoms. The smallest absolute Gasteiger partial charge is 0.243 e. The van der Waals surface area contributed by atoms with Crippen molar-refractivity contribution in [2.75, 3.05) is 10.7 Å². The van der Waals surface area contributed by atoms with Gasteiger partial charge in [0.2, 0.25) is 5.91 Å². The third-order valence-corrected chi connectivity index (χ3v) is 3.27. The van der Waals surface area contributed by atoms with Crippen LogP contribution in [-0.4, -0.2) is 16.0 Å². The van der Waals surface area contributed by atoms with Crippen molar-refractivity contribution < 1.29 is 13.6 Å². The van der Waals surface area contributed by atoms with Crippen LogP contribution >= 0.6 is 24.0 Å². The number of halogens is 2. The standard InChI is InChI=1S/C9H5F2NOS2/c10-5-2-1-3-6(11)8(5)12-7(13)4-15-9(12)14/h1-3H,4H2. The molecule has 1 saturated heterocycles. The van der Waals surface area contributed by atoms with E-state index in [1.54, 1.807) is 0 Å². The number of amides is 1. The molecule has 1 aliphatic heterocycles. The molecule has 0 unspecified atom stereocenters. The summed E-state index contributed by atoms with van der Waals surface area (Å²) in [6.45, 7) is 0. The molecule has 0 aromatic heterocycles. The van der Waals surface area contributed by atoms with E-state index in [1.165, 1.54) is 6.07 Å². The van der Waals surface area contributed by atoms with Gasteiger partial charge in [-0.05, 0) is 12.1 Å². The Morgan fingerprint density at radius 2 is 1.93 bits per heavy atom. The van der Waals surface area contributed by atoms with E-state index >= 15 is 0 Å². The molecule has 2 nitrogen and oxygen atoms in total. The van der Waals surface area contributed by atoms with Gasteiger partial charge in [-0.15, -0.1) is 0 Å². The minimum atomic E-state index is -0.784. The molecule has 0 saturated carbocycles. The van der Waals surface area contributed by atoms with Crippen molar-refractivity contribution in [3.63, 3.8) is 0 Å². The first kappa shape index (κ1) is 10.5. The largest absolute Gasteiger partial charge is 0.273 e. The number of carbonyl (C=O) groups excluding carboxylic acids is 1. The highest BCUT2D eigenvalue weighted by molar-refractivity contribution is 8.24. The Kier molecular flexibility index (Phi) is 2.70. The minimum absolute atomic E-state index is 0.132. The number of thiocarbonyl (C=S) groups is 1. The lowest BCUT2D eigenvalue weighted by Crippen LogP contribution is -2.29. The van der Waals surface area contributed by atoms with Crippen molar-refractivity contribution in [1.82, 2.24) is 0 Å². The summed E-state index contributed by atoms with van der Waals surface area (Å²) in [5.41, 5.74) is -0.377. The fraction of sp³-hybridized carbons (Fsp3) is 0.111. The number of thioether (sulfide) groups is 1. The molecule has 78 valence electrons. The lowest BCUT2D eigenvalue weighted by Gasteiger charge is -2.16. The fourth-order valence-electron chi connectivity index (χ4n) is 1.27. The van der Waals surface area contributed by atoms with Gasteiger partial charge >= 0.3 is 0 Å². The molecule has 1 heterocycles. The number of hydrogen-bond donors (Lipinski definition) is 0. The van der Waals surface area contributed by atoms with E-state index in [9.17, 15) is 13.6 Å². The van der Waals surface area contributed by atoms with Crippen LogP contribution in [0, 0.1) is 11.6 Å². The van der Waals surface area contributed by atoms with Crippen LogP contribution < -0.4 is 4.90 Å². The van der Waals surface area contributed by atoms with Crippen molar-refractivity contribution in [3.8, 4) is 0 Å². The number of hydrogen-bond acceptors (Lipinski definition) is 3. The molecule has 0 radical (unpaired) electrons. The SMILES string of the molecule is O=C1CSC(=S)N1c1c(F)cccc1F. The summed E-state index contributed by atoms with van der Waals surface area (Å²) in [7, 11) is 0. The maximum atomic E-state index is 13.3. The zero-order valence-corrected chi connectivity index (χ0v) is 9.00. The van der Waals surface area contributed by atoms with Gasteiger partial charge in [0.25, 0.3) is 0 Å². The molecule has 0 spiro atoms. The molecule has 1 aliphatic rings. The van der Waals surface area contributed by atoms with Gasteiger partial charge in [0.05, 0.1) is 5.75 Å². The Morgan fingerprint density at radius 3 is 2.40 bits per heavy atom. The van der Waals surface area contributed by atoms with Gasteiger partial charge in [-0.3, -0.25) is 9.69 Å². The van der Waals surface area contributed by atoms with Crippen molar-refractivity contribution in [2.45, 2.75) is 0 Å². The van der Waals surface area contributed by atoms with Crippen LogP contribution in [0.5, 0.6) is 0 Å². The number of carbonyl (C=O) groups is 1.